The Morgan fingerprint density at radius 3 is 2.23 bits per heavy atom. The summed E-state index contributed by atoms with van der Waals surface area (Å²) in [4.78, 5) is 4.91. The summed E-state index contributed by atoms with van der Waals surface area (Å²) in [6.45, 7) is 13.0. The van der Waals surface area contributed by atoms with Crippen LogP contribution in [0.4, 0.5) is 0 Å². The lowest BCUT2D eigenvalue weighted by molar-refractivity contribution is 0.0944. The minimum atomic E-state index is -0.0757. The summed E-state index contributed by atoms with van der Waals surface area (Å²) >= 11 is 5.37. The fourth-order valence-electron chi connectivity index (χ4n) is 2.60. The minimum absolute atomic E-state index is 0.0757. The van der Waals surface area contributed by atoms with E-state index in [-0.39, 0.29) is 6.61 Å². The van der Waals surface area contributed by atoms with Crippen LogP contribution in [0.1, 0.15) is 33.0 Å². The van der Waals surface area contributed by atoms with Crippen molar-refractivity contribution in [2.75, 3.05) is 32.7 Å². The molecular weight excluding hydrogens is 298 g/mol. The van der Waals surface area contributed by atoms with Gasteiger partial charge >= 0.3 is 0 Å². The smallest absolute Gasteiger partial charge is 0.198 e. The van der Waals surface area contributed by atoms with Crippen LogP contribution in [-0.2, 0) is 20.3 Å². The molecule has 1 aromatic rings. The molecule has 1 fully saturated rings. The van der Waals surface area contributed by atoms with Gasteiger partial charge in [-0.1, -0.05) is 20.8 Å². The predicted octanol–water partition coefficient (Wildman–Crippen LogP) is 1.45. The predicted molar refractivity (Wildman–Crippen MR) is 90.0 cm³/mol. The summed E-state index contributed by atoms with van der Waals surface area (Å²) in [5, 5.41) is 13.6. The summed E-state index contributed by atoms with van der Waals surface area (Å²) < 4.78 is 4.25. The number of hydrogen-bond donors (Lipinski definition) is 1. The van der Waals surface area contributed by atoms with Crippen molar-refractivity contribution in [3.8, 4) is 0 Å². The molecule has 126 valence electrons. The molecule has 6 nitrogen and oxygen atoms in total. The van der Waals surface area contributed by atoms with Crippen LogP contribution >= 0.6 is 12.2 Å². The van der Waals surface area contributed by atoms with Crippen LogP contribution in [-0.4, -0.2) is 62.0 Å². The number of aliphatic hydroxyl groups excluding tert-OH is 1. The quantitative estimate of drug-likeness (QED) is 0.830. The molecule has 0 spiro atoms. The van der Waals surface area contributed by atoms with Gasteiger partial charge in [0.1, 0.15) is 6.61 Å². The molecule has 2 heterocycles. The first-order valence-corrected chi connectivity index (χ1v) is 8.39. The maximum atomic E-state index is 9.26. The van der Waals surface area contributed by atoms with E-state index < -0.39 is 0 Å². The molecule has 22 heavy (non-hydrogen) atoms. The largest absolute Gasteiger partial charge is 0.388 e. The minimum Gasteiger partial charge on any atom is -0.388 e. The average Bonchev–Trinajstić information content (AvgIpc) is 2.73. The lowest BCUT2D eigenvalue weighted by atomic mass is 9.92. The monoisotopic (exact) mass is 327 g/mol. The Bertz CT molecular complexity index is 537. The number of aromatic nitrogens is 3. The van der Waals surface area contributed by atoms with Crippen molar-refractivity contribution in [2.45, 2.75) is 40.5 Å². The Labute approximate surface area is 138 Å². The van der Waals surface area contributed by atoms with Gasteiger partial charge in [0.25, 0.3) is 0 Å². The third-order valence-corrected chi connectivity index (χ3v) is 4.73. The van der Waals surface area contributed by atoms with Crippen molar-refractivity contribution in [3.63, 3.8) is 0 Å². The Morgan fingerprint density at radius 2 is 1.73 bits per heavy atom. The molecule has 0 radical (unpaired) electrons. The molecular formula is C15H29N5OS. The van der Waals surface area contributed by atoms with Crippen LogP contribution in [0.2, 0.25) is 0 Å². The summed E-state index contributed by atoms with van der Waals surface area (Å²) in [5.41, 5.74) is 0.402. The first kappa shape index (κ1) is 17.6. The molecule has 1 aliphatic heterocycles. The highest BCUT2D eigenvalue weighted by molar-refractivity contribution is 7.71. The van der Waals surface area contributed by atoms with Crippen molar-refractivity contribution in [3.05, 3.63) is 10.6 Å². The average molecular weight is 327 g/mol. The standard InChI is InChI=1S/C15H29N5OS/c1-15(2,3)5-6-18-7-9-19(10-8-18)12-20-14(22)17(4)13(11-21)16-20/h21H,5-12H2,1-4H3. The molecule has 0 atom stereocenters. The van der Waals surface area contributed by atoms with Gasteiger partial charge in [-0.05, 0) is 30.6 Å². The van der Waals surface area contributed by atoms with Crippen LogP contribution in [0.3, 0.4) is 0 Å². The van der Waals surface area contributed by atoms with E-state index in [4.69, 9.17) is 12.2 Å². The molecule has 0 aliphatic carbocycles. The topological polar surface area (TPSA) is 49.5 Å². The SMILES string of the molecule is Cn1c(CO)nn(CN2CCN(CCC(C)(C)C)CC2)c1=S. The van der Waals surface area contributed by atoms with E-state index in [2.05, 4.69) is 35.7 Å². The second kappa shape index (κ2) is 7.21. The van der Waals surface area contributed by atoms with Gasteiger partial charge in [0.2, 0.25) is 0 Å². The molecule has 1 N–H and O–H groups in total. The molecule has 0 saturated carbocycles. The molecule has 1 saturated heterocycles. The first-order valence-electron chi connectivity index (χ1n) is 7.98. The summed E-state index contributed by atoms with van der Waals surface area (Å²) in [6.07, 6.45) is 1.23. The zero-order chi connectivity index (χ0) is 16.3. The van der Waals surface area contributed by atoms with E-state index in [1.165, 1.54) is 13.0 Å². The number of piperazine rings is 1. The molecule has 0 aromatic carbocycles. The zero-order valence-corrected chi connectivity index (χ0v) is 15.1. The normalized spacial score (nSPS) is 18.0. The van der Waals surface area contributed by atoms with Crippen molar-refractivity contribution in [1.82, 2.24) is 24.1 Å². The second-order valence-corrected chi connectivity index (χ2v) is 7.69. The Kier molecular flexibility index (Phi) is 5.76. The lowest BCUT2D eigenvalue weighted by Crippen LogP contribution is -2.47. The Balaban J connectivity index is 1.84. The number of nitrogens with zero attached hydrogens (tertiary/aromatic N) is 5. The number of hydrogen-bond acceptors (Lipinski definition) is 5. The fourth-order valence-corrected chi connectivity index (χ4v) is 2.80. The number of aliphatic hydroxyl groups is 1. The summed E-state index contributed by atoms with van der Waals surface area (Å²) in [6, 6.07) is 0. The maximum absolute atomic E-state index is 9.26. The van der Waals surface area contributed by atoms with E-state index in [9.17, 15) is 5.11 Å². The van der Waals surface area contributed by atoms with E-state index in [0.29, 0.717) is 22.7 Å². The highest BCUT2D eigenvalue weighted by atomic mass is 32.1. The maximum Gasteiger partial charge on any atom is 0.198 e. The van der Waals surface area contributed by atoms with E-state index in [1.807, 2.05) is 11.7 Å². The van der Waals surface area contributed by atoms with Crippen LogP contribution in [0.15, 0.2) is 0 Å². The molecule has 0 amide bonds. The van der Waals surface area contributed by atoms with Gasteiger partial charge in [0.05, 0.1) is 6.67 Å². The third-order valence-electron chi connectivity index (χ3n) is 4.25. The number of rotatable bonds is 5. The van der Waals surface area contributed by atoms with E-state index >= 15 is 0 Å². The van der Waals surface area contributed by atoms with Gasteiger partial charge in [-0.3, -0.25) is 4.90 Å². The zero-order valence-electron chi connectivity index (χ0n) is 14.2. The Morgan fingerprint density at radius 1 is 1.14 bits per heavy atom. The van der Waals surface area contributed by atoms with Crippen molar-refractivity contribution >= 4 is 12.2 Å². The summed E-state index contributed by atoms with van der Waals surface area (Å²) in [5.74, 6) is 0.619. The molecule has 1 aromatic heterocycles. The Hall–Kier alpha value is -0.760. The van der Waals surface area contributed by atoms with Crippen LogP contribution in [0, 0.1) is 10.2 Å². The molecule has 7 heteroatoms. The van der Waals surface area contributed by atoms with Gasteiger partial charge in [0, 0.05) is 33.2 Å². The molecule has 2 rings (SSSR count). The van der Waals surface area contributed by atoms with Gasteiger partial charge in [0.15, 0.2) is 10.6 Å². The van der Waals surface area contributed by atoms with Gasteiger partial charge < -0.3 is 14.6 Å². The van der Waals surface area contributed by atoms with Crippen molar-refractivity contribution in [1.29, 1.82) is 0 Å². The van der Waals surface area contributed by atoms with E-state index in [1.54, 1.807) is 4.57 Å². The summed E-state index contributed by atoms with van der Waals surface area (Å²) in [7, 11) is 1.85. The van der Waals surface area contributed by atoms with Crippen molar-refractivity contribution < 1.29 is 5.11 Å². The molecule has 0 bridgehead atoms. The van der Waals surface area contributed by atoms with Gasteiger partial charge in [-0.2, -0.15) is 5.10 Å². The van der Waals surface area contributed by atoms with Gasteiger partial charge in [-0.25, -0.2) is 4.68 Å². The lowest BCUT2D eigenvalue weighted by Gasteiger charge is -2.35. The molecule has 1 aliphatic rings. The molecule has 0 unspecified atom stereocenters. The second-order valence-electron chi connectivity index (χ2n) is 7.33. The van der Waals surface area contributed by atoms with Crippen LogP contribution in [0.5, 0.6) is 0 Å². The highest BCUT2D eigenvalue weighted by Crippen LogP contribution is 2.19. The first-order chi connectivity index (χ1) is 10.3. The highest BCUT2D eigenvalue weighted by Gasteiger charge is 2.20. The van der Waals surface area contributed by atoms with Crippen LogP contribution in [0.25, 0.3) is 0 Å². The van der Waals surface area contributed by atoms with E-state index in [0.717, 1.165) is 26.2 Å². The third kappa shape index (κ3) is 4.62. The van der Waals surface area contributed by atoms with Crippen molar-refractivity contribution in [2.24, 2.45) is 12.5 Å². The fraction of sp³-hybridized carbons (Fsp3) is 0.867. The van der Waals surface area contributed by atoms with Crippen LogP contribution < -0.4 is 0 Å². The van der Waals surface area contributed by atoms with Gasteiger partial charge in [-0.15, -0.1) is 0 Å².